The van der Waals surface area contributed by atoms with Crippen LogP contribution in [0.4, 0.5) is 0 Å². The minimum absolute atomic E-state index is 0.0323. The van der Waals surface area contributed by atoms with E-state index >= 15 is 0 Å². The Balaban J connectivity index is 1.76. The molecule has 1 aromatic carbocycles. The van der Waals surface area contributed by atoms with Gasteiger partial charge in [-0.2, -0.15) is 0 Å². The second kappa shape index (κ2) is 7.54. The number of carbonyl (C=O) groups excluding carboxylic acids is 1. The number of amides is 1. The molecule has 6 nitrogen and oxygen atoms in total. The predicted molar refractivity (Wildman–Crippen MR) is 91.4 cm³/mol. The summed E-state index contributed by atoms with van der Waals surface area (Å²) in [6.07, 6.45) is 3.67. The molecule has 25 heavy (non-hydrogen) atoms. The molecular formula is C19H25NO5. The highest BCUT2D eigenvalue weighted by Crippen LogP contribution is 2.41. The lowest BCUT2D eigenvalue weighted by Gasteiger charge is -2.48. The van der Waals surface area contributed by atoms with Crippen LogP contribution in [0.15, 0.2) is 24.3 Å². The molecule has 2 fully saturated rings. The van der Waals surface area contributed by atoms with Gasteiger partial charge in [0.2, 0.25) is 0 Å². The molecule has 2 aliphatic rings. The van der Waals surface area contributed by atoms with Crippen molar-refractivity contribution in [2.75, 3.05) is 26.4 Å². The molecule has 0 bridgehead atoms. The number of nitrogens with zero attached hydrogens (tertiary/aromatic N) is 1. The normalized spacial score (nSPS) is 22.8. The molecule has 3 rings (SSSR count). The molecule has 0 saturated carbocycles. The number of likely N-dealkylation sites (tertiary alicyclic amines) is 1. The minimum Gasteiger partial charge on any atom is -0.481 e. The average molecular weight is 347 g/mol. The molecule has 0 aromatic heterocycles. The third-order valence-electron chi connectivity index (χ3n) is 5.54. The average Bonchev–Trinajstić information content (AvgIpc) is 2.62. The first kappa shape index (κ1) is 17.9. The molecule has 2 aliphatic heterocycles. The quantitative estimate of drug-likeness (QED) is 0.866. The molecule has 1 unspecified atom stereocenters. The molecule has 2 heterocycles. The minimum atomic E-state index is -0.892. The second-order valence-electron chi connectivity index (χ2n) is 7.19. The summed E-state index contributed by atoms with van der Waals surface area (Å²) >= 11 is 0. The van der Waals surface area contributed by atoms with E-state index in [0.717, 1.165) is 38.9 Å². The van der Waals surface area contributed by atoms with Crippen LogP contribution in [-0.2, 0) is 16.0 Å². The van der Waals surface area contributed by atoms with Crippen molar-refractivity contribution >= 4 is 11.9 Å². The van der Waals surface area contributed by atoms with E-state index in [0.29, 0.717) is 17.7 Å². The maximum absolute atomic E-state index is 13.0. The van der Waals surface area contributed by atoms with Gasteiger partial charge in [-0.3, -0.25) is 9.59 Å². The summed E-state index contributed by atoms with van der Waals surface area (Å²) in [6.45, 7) is 2.08. The highest BCUT2D eigenvalue weighted by Gasteiger charge is 2.42. The van der Waals surface area contributed by atoms with Crippen molar-refractivity contribution < 1.29 is 24.5 Å². The number of ether oxygens (including phenoxy) is 1. The monoisotopic (exact) mass is 347 g/mol. The van der Waals surface area contributed by atoms with Gasteiger partial charge in [0.1, 0.15) is 0 Å². The van der Waals surface area contributed by atoms with E-state index in [-0.39, 0.29) is 30.4 Å². The fraction of sp³-hybridized carbons (Fsp3) is 0.579. The number of carboxylic acid groups (broad SMARTS) is 1. The van der Waals surface area contributed by atoms with E-state index in [1.807, 2.05) is 0 Å². The van der Waals surface area contributed by atoms with Crippen LogP contribution >= 0.6 is 0 Å². The van der Waals surface area contributed by atoms with Gasteiger partial charge in [-0.1, -0.05) is 12.1 Å². The molecular weight excluding hydrogens is 322 g/mol. The number of aliphatic hydroxyl groups is 1. The molecule has 0 aliphatic carbocycles. The topological polar surface area (TPSA) is 87.1 Å². The SMILES string of the molecule is O=C(O)Cc1ccc(C(=O)N2CC3(CCOCC3)CCC2CO)cc1. The molecule has 6 heteroatoms. The number of benzene rings is 1. The van der Waals surface area contributed by atoms with Crippen LogP contribution < -0.4 is 0 Å². The highest BCUT2D eigenvalue weighted by molar-refractivity contribution is 5.94. The standard InChI is InChI=1S/C19H25NO5/c21-12-16-5-6-19(7-9-25-10-8-19)13-20(16)18(24)15-3-1-14(2-4-15)11-17(22)23/h1-4,16,21H,5-13H2,(H,22,23). The Labute approximate surface area is 147 Å². The smallest absolute Gasteiger partial charge is 0.307 e. The number of hydrogen-bond acceptors (Lipinski definition) is 4. The number of rotatable bonds is 4. The molecule has 2 N–H and O–H groups in total. The van der Waals surface area contributed by atoms with Crippen molar-refractivity contribution in [2.45, 2.75) is 38.1 Å². The van der Waals surface area contributed by atoms with Crippen molar-refractivity contribution in [1.82, 2.24) is 4.90 Å². The maximum atomic E-state index is 13.0. The predicted octanol–water partition coefficient (Wildman–Crippen LogP) is 1.71. The molecule has 1 aromatic rings. The zero-order chi connectivity index (χ0) is 17.9. The maximum Gasteiger partial charge on any atom is 0.307 e. The van der Waals surface area contributed by atoms with Gasteiger partial charge in [0, 0.05) is 25.3 Å². The van der Waals surface area contributed by atoms with E-state index in [4.69, 9.17) is 9.84 Å². The van der Waals surface area contributed by atoms with Crippen LogP contribution in [0.3, 0.4) is 0 Å². The molecule has 2 saturated heterocycles. The Morgan fingerprint density at radius 1 is 1.16 bits per heavy atom. The van der Waals surface area contributed by atoms with Crippen LogP contribution in [0, 0.1) is 5.41 Å². The molecule has 1 amide bonds. The number of carbonyl (C=O) groups is 2. The van der Waals surface area contributed by atoms with Gasteiger partial charge in [-0.15, -0.1) is 0 Å². The number of aliphatic hydroxyl groups excluding tert-OH is 1. The lowest BCUT2D eigenvalue weighted by atomic mass is 9.72. The fourth-order valence-electron chi connectivity index (χ4n) is 3.94. The first-order valence-electron chi connectivity index (χ1n) is 8.83. The van der Waals surface area contributed by atoms with Crippen molar-refractivity contribution in [1.29, 1.82) is 0 Å². The van der Waals surface area contributed by atoms with Gasteiger partial charge in [-0.05, 0) is 48.8 Å². The molecule has 1 spiro atoms. The van der Waals surface area contributed by atoms with Crippen molar-refractivity contribution in [3.05, 3.63) is 35.4 Å². The van der Waals surface area contributed by atoms with Gasteiger partial charge < -0.3 is 19.8 Å². The van der Waals surface area contributed by atoms with Crippen LogP contribution in [0.2, 0.25) is 0 Å². The first-order valence-corrected chi connectivity index (χ1v) is 8.83. The zero-order valence-corrected chi connectivity index (χ0v) is 14.3. The zero-order valence-electron chi connectivity index (χ0n) is 14.3. The van der Waals surface area contributed by atoms with Crippen LogP contribution in [0.1, 0.15) is 41.6 Å². The van der Waals surface area contributed by atoms with Gasteiger partial charge in [0.05, 0.1) is 19.1 Å². The summed E-state index contributed by atoms with van der Waals surface area (Å²) in [6, 6.07) is 6.58. The summed E-state index contributed by atoms with van der Waals surface area (Å²) < 4.78 is 5.47. The summed E-state index contributed by atoms with van der Waals surface area (Å²) in [4.78, 5) is 25.6. The van der Waals surface area contributed by atoms with Crippen LogP contribution in [0.25, 0.3) is 0 Å². The van der Waals surface area contributed by atoms with E-state index in [2.05, 4.69) is 0 Å². The van der Waals surface area contributed by atoms with Crippen molar-refractivity contribution in [3.8, 4) is 0 Å². The van der Waals surface area contributed by atoms with Gasteiger partial charge in [0.25, 0.3) is 5.91 Å². The van der Waals surface area contributed by atoms with Crippen LogP contribution in [0.5, 0.6) is 0 Å². The van der Waals surface area contributed by atoms with E-state index < -0.39 is 5.97 Å². The third-order valence-corrected chi connectivity index (χ3v) is 5.54. The summed E-state index contributed by atoms with van der Waals surface area (Å²) in [5.74, 6) is -0.983. The Bertz CT molecular complexity index is 621. The van der Waals surface area contributed by atoms with Gasteiger partial charge in [0.15, 0.2) is 0 Å². The number of aliphatic carboxylic acids is 1. The first-order chi connectivity index (χ1) is 12.0. The number of piperidine rings is 1. The Kier molecular flexibility index (Phi) is 5.39. The molecule has 0 radical (unpaired) electrons. The van der Waals surface area contributed by atoms with E-state index in [1.54, 1.807) is 29.2 Å². The van der Waals surface area contributed by atoms with E-state index in [9.17, 15) is 14.7 Å². The molecule has 1 atom stereocenters. The lowest BCUT2D eigenvalue weighted by Crippen LogP contribution is -2.54. The van der Waals surface area contributed by atoms with Crippen LogP contribution in [-0.4, -0.2) is 59.4 Å². The van der Waals surface area contributed by atoms with Gasteiger partial charge >= 0.3 is 5.97 Å². The van der Waals surface area contributed by atoms with Crippen molar-refractivity contribution in [3.63, 3.8) is 0 Å². The third kappa shape index (κ3) is 4.02. The second-order valence-corrected chi connectivity index (χ2v) is 7.19. The van der Waals surface area contributed by atoms with Crippen molar-refractivity contribution in [2.24, 2.45) is 5.41 Å². The van der Waals surface area contributed by atoms with Gasteiger partial charge in [-0.25, -0.2) is 0 Å². The lowest BCUT2D eigenvalue weighted by molar-refractivity contribution is -0.136. The summed E-state index contributed by atoms with van der Waals surface area (Å²) in [5, 5.41) is 18.5. The Hall–Kier alpha value is -1.92. The Morgan fingerprint density at radius 2 is 1.84 bits per heavy atom. The number of carboxylic acids is 1. The fourth-order valence-corrected chi connectivity index (χ4v) is 3.94. The van der Waals surface area contributed by atoms with E-state index in [1.165, 1.54) is 0 Å². The summed E-state index contributed by atoms with van der Waals surface area (Å²) in [5.41, 5.74) is 1.31. The molecule has 136 valence electrons. The highest BCUT2D eigenvalue weighted by atomic mass is 16.5. The summed E-state index contributed by atoms with van der Waals surface area (Å²) in [7, 11) is 0. The number of hydrogen-bond donors (Lipinski definition) is 2. The Morgan fingerprint density at radius 3 is 2.44 bits per heavy atom. The largest absolute Gasteiger partial charge is 0.481 e.